The van der Waals surface area contributed by atoms with Crippen molar-refractivity contribution >= 4 is 44.0 Å². The van der Waals surface area contributed by atoms with Crippen LogP contribution in [0.5, 0.6) is 0 Å². The zero-order chi connectivity index (χ0) is 20.5. The number of anilines is 1. The highest BCUT2D eigenvalue weighted by molar-refractivity contribution is 7.89. The van der Waals surface area contributed by atoms with E-state index in [-0.39, 0.29) is 10.5 Å². The molecule has 3 aromatic rings. The molecular weight excluding hydrogens is 418 g/mol. The number of carbonyl (C=O) groups excluding carboxylic acids is 1. The number of halogens is 1. The second kappa shape index (κ2) is 8.00. The van der Waals surface area contributed by atoms with Crippen molar-refractivity contribution in [3.63, 3.8) is 0 Å². The van der Waals surface area contributed by atoms with Crippen LogP contribution in [0.1, 0.15) is 15.2 Å². The van der Waals surface area contributed by atoms with Crippen LogP contribution in [0.25, 0.3) is 11.3 Å². The quantitative estimate of drug-likeness (QED) is 0.648. The summed E-state index contributed by atoms with van der Waals surface area (Å²) in [6.45, 7) is 1.92. The minimum absolute atomic E-state index is 0.0577. The molecule has 0 spiro atoms. The average molecular weight is 436 g/mol. The summed E-state index contributed by atoms with van der Waals surface area (Å²) in [5, 5.41) is 3.82. The lowest BCUT2D eigenvalue weighted by Crippen LogP contribution is -2.22. The second-order valence-corrected chi connectivity index (χ2v) is 9.99. The Morgan fingerprint density at radius 3 is 2.46 bits per heavy atom. The van der Waals surface area contributed by atoms with E-state index in [9.17, 15) is 13.2 Å². The molecule has 6 nitrogen and oxygen atoms in total. The molecule has 9 heteroatoms. The third-order valence-electron chi connectivity index (χ3n) is 4.01. The molecule has 1 N–H and O–H groups in total. The van der Waals surface area contributed by atoms with Gasteiger partial charge in [0, 0.05) is 35.1 Å². The summed E-state index contributed by atoms with van der Waals surface area (Å²) < 4.78 is 25.6. The molecule has 0 fully saturated rings. The van der Waals surface area contributed by atoms with Crippen LogP contribution in [0.4, 0.5) is 5.13 Å². The van der Waals surface area contributed by atoms with Gasteiger partial charge in [0.05, 0.1) is 10.6 Å². The number of sulfonamides is 1. The van der Waals surface area contributed by atoms with Crippen LogP contribution in [-0.4, -0.2) is 37.7 Å². The fourth-order valence-electron chi connectivity index (χ4n) is 2.50. The van der Waals surface area contributed by atoms with Gasteiger partial charge in [-0.2, -0.15) is 0 Å². The molecule has 0 bridgehead atoms. The number of thiazole rings is 1. The molecule has 0 aliphatic carbocycles. The van der Waals surface area contributed by atoms with Gasteiger partial charge in [-0.1, -0.05) is 29.8 Å². The maximum absolute atomic E-state index is 12.6. The molecule has 0 saturated heterocycles. The molecule has 0 unspecified atom stereocenters. The number of carbonyl (C=O) groups is 1. The van der Waals surface area contributed by atoms with E-state index in [1.54, 1.807) is 18.2 Å². The number of hydrogen-bond acceptors (Lipinski definition) is 5. The number of nitrogens with one attached hydrogen (secondary N) is 1. The van der Waals surface area contributed by atoms with Crippen molar-refractivity contribution in [2.75, 3.05) is 19.4 Å². The van der Waals surface area contributed by atoms with Gasteiger partial charge < -0.3 is 0 Å². The van der Waals surface area contributed by atoms with Crippen LogP contribution in [-0.2, 0) is 10.0 Å². The van der Waals surface area contributed by atoms with Gasteiger partial charge in [-0.25, -0.2) is 17.7 Å². The van der Waals surface area contributed by atoms with Crippen molar-refractivity contribution in [2.45, 2.75) is 11.8 Å². The van der Waals surface area contributed by atoms with E-state index >= 15 is 0 Å². The van der Waals surface area contributed by atoms with Crippen molar-refractivity contribution in [2.24, 2.45) is 0 Å². The van der Waals surface area contributed by atoms with Crippen molar-refractivity contribution < 1.29 is 13.2 Å². The van der Waals surface area contributed by atoms with Crippen LogP contribution < -0.4 is 5.32 Å². The first kappa shape index (κ1) is 20.5. The first-order valence-corrected chi connectivity index (χ1v) is 10.9. The zero-order valence-electron chi connectivity index (χ0n) is 15.4. The third-order valence-corrected chi connectivity index (χ3v) is 6.96. The molecule has 1 aromatic heterocycles. The van der Waals surface area contributed by atoms with E-state index in [1.165, 1.54) is 43.6 Å². The first-order valence-electron chi connectivity index (χ1n) is 8.26. The summed E-state index contributed by atoms with van der Waals surface area (Å²) in [5.41, 5.74) is 1.91. The summed E-state index contributed by atoms with van der Waals surface area (Å²) in [6.07, 6.45) is 0. The highest BCUT2D eigenvalue weighted by Gasteiger charge is 2.19. The molecule has 0 aliphatic heterocycles. The summed E-state index contributed by atoms with van der Waals surface area (Å²) in [5.74, 6) is -0.424. The lowest BCUT2D eigenvalue weighted by atomic mass is 10.1. The van der Waals surface area contributed by atoms with Gasteiger partial charge in [0.15, 0.2) is 5.13 Å². The Hall–Kier alpha value is -2.26. The van der Waals surface area contributed by atoms with Crippen molar-refractivity contribution in [3.8, 4) is 11.3 Å². The Labute approximate surface area is 172 Å². The molecule has 0 aliphatic rings. The standard InChI is InChI=1S/C19H18ClN3O3S2/c1-12-17(13-7-9-15(20)10-8-13)21-19(27-12)22-18(24)14-5-4-6-16(11-14)28(25,26)23(2)3/h4-11H,1-3H3,(H,21,22,24). The van der Waals surface area contributed by atoms with E-state index in [4.69, 9.17) is 11.6 Å². The molecule has 3 rings (SSSR count). The van der Waals surface area contributed by atoms with Crippen molar-refractivity contribution in [1.29, 1.82) is 0 Å². The molecule has 146 valence electrons. The predicted molar refractivity (Wildman–Crippen MR) is 113 cm³/mol. The summed E-state index contributed by atoms with van der Waals surface area (Å²) >= 11 is 7.27. The average Bonchev–Trinajstić information content (AvgIpc) is 3.02. The molecule has 2 aromatic carbocycles. The van der Waals surface area contributed by atoms with E-state index in [0.29, 0.717) is 10.2 Å². The van der Waals surface area contributed by atoms with Crippen LogP contribution in [0.2, 0.25) is 5.02 Å². The molecular formula is C19H18ClN3O3S2. The van der Waals surface area contributed by atoms with Gasteiger partial charge in [-0.15, -0.1) is 11.3 Å². The topological polar surface area (TPSA) is 79.4 Å². The van der Waals surface area contributed by atoms with E-state index in [0.717, 1.165) is 20.4 Å². The predicted octanol–water partition coefficient (Wildman–Crippen LogP) is 4.27. The smallest absolute Gasteiger partial charge is 0.257 e. The minimum Gasteiger partial charge on any atom is -0.298 e. The van der Waals surface area contributed by atoms with Crippen LogP contribution in [0.15, 0.2) is 53.4 Å². The molecule has 0 radical (unpaired) electrons. The normalized spacial score (nSPS) is 11.6. The van der Waals surface area contributed by atoms with Gasteiger partial charge in [-0.3, -0.25) is 10.1 Å². The van der Waals surface area contributed by atoms with Crippen molar-refractivity contribution in [1.82, 2.24) is 9.29 Å². The largest absolute Gasteiger partial charge is 0.298 e. The highest BCUT2D eigenvalue weighted by atomic mass is 35.5. The highest BCUT2D eigenvalue weighted by Crippen LogP contribution is 2.31. The Morgan fingerprint density at radius 1 is 1.14 bits per heavy atom. The lowest BCUT2D eigenvalue weighted by molar-refractivity contribution is 0.102. The Morgan fingerprint density at radius 2 is 1.82 bits per heavy atom. The zero-order valence-corrected chi connectivity index (χ0v) is 17.8. The van der Waals surface area contributed by atoms with Gasteiger partial charge in [0.1, 0.15) is 0 Å². The van der Waals surface area contributed by atoms with E-state index < -0.39 is 15.9 Å². The summed E-state index contributed by atoms with van der Waals surface area (Å²) in [4.78, 5) is 18.1. The van der Waals surface area contributed by atoms with Crippen LogP contribution in [0, 0.1) is 6.92 Å². The molecule has 28 heavy (non-hydrogen) atoms. The number of amides is 1. The Bertz CT molecular complexity index is 1120. The number of nitrogens with zero attached hydrogens (tertiary/aromatic N) is 2. The Kier molecular flexibility index (Phi) is 5.85. The fourth-order valence-corrected chi connectivity index (χ4v) is 4.41. The number of hydrogen-bond donors (Lipinski definition) is 1. The van der Waals surface area contributed by atoms with Crippen LogP contribution in [0.3, 0.4) is 0 Å². The van der Waals surface area contributed by atoms with Crippen molar-refractivity contribution in [3.05, 3.63) is 64.0 Å². The molecule has 0 atom stereocenters. The maximum Gasteiger partial charge on any atom is 0.257 e. The fraction of sp³-hybridized carbons (Fsp3) is 0.158. The maximum atomic E-state index is 12.6. The van der Waals surface area contributed by atoms with E-state index in [2.05, 4.69) is 10.3 Å². The van der Waals surface area contributed by atoms with Gasteiger partial charge in [0.25, 0.3) is 5.91 Å². The first-order chi connectivity index (χ1) is 13.2. The minimum atomic E-state index is -3.62. The number of benzene rings is 2. The van der Waals surface area contributed by atoms with Gasteiger partial charge >= 0.3 is 0 Å². The second-order valence-electron chi connectivity index (χ2n) is 6.20. The van der Waals surface area contributed by atoms with E-state index in [1.807, 2.05) is 19.1 Å². The summed E-state index contributed by atoms with van der Waals surface area (Å²) in [7, 11) is -0.732. The third kappa shape index (κ3) is 4.25. The van der Waals surface area contributed by atoms with Gasteiger partial charge in [-0.05, 0) is 37.3 Å². The molecule has 1 amide bonds. The molecule has 1 heterocycles. The van der Waals surface area contributed by atoms with Crippen LogP contribution >= 0.6 is 22.9 Å². The summed E-state index contributed by atoms with van der Waals surface area (Å²) in [6, 6.07) is 13.2. The molecule has 0 saturated carbocycles. The Balaban J connectivity index is 1.84. The monoisotopic (exact) mass is 435 g/mol. The lowest BCUT2D eigenvalue weighted by Gasteiger charge is -2.12. The number of aryl methyl sites for hydroxylation is 1. The van der Waals surface area contributed by atoms with Gasteiger partial charge in [0.2, 0.25) is 10.0 Å². The number of rotatable bonds is 5. The number of aromatic nitrogens is 1. The SMILES string of the molecule is Cc1sc(NC(=O)c2cccc(S(=O)(=O)N(C)C)c2)nc1-c1ccc(Cl)cc1.